The molecule has 104 valence electrons. The summed E-state index contributed by atoms with van der Waals surface area (Å²) in [5, 5.41) is 0. The Morgan fingerprint density at radius 2 is 2.16 bits per heavy atom. The highest BCUT2D eigenvalue weighted by molar-refractivity contribution is 8.22. The van der Waals surface area contributed by atoms with E-state index in [4.69, 9.17) is 16.6 Å². The quantitative estimate of drug-likeness (QED) is 0.626. The van der Waals surface area contributed by atoms with Crippen LogP contribution in [0.4, 0.5) is 0 Å². The standard InChI is InChI=1S/C13H18N2O2S2/c1-14-5-7-15(8-6-14)13(18)19-10-4-11(16)12-3-2-9-17-12/h2-3,9H,4-8,10H2,1H3. The van der Waals surface area contributed by atoms with Crippen molar-refractivity contribution in [3.63, 3.8) is 0 Å². The van der Waals surface area contributed by atoms with E-state index in [2.05, 4.69) is 16.8 Å². The third kappa shape index (κ3) is 4.33. The first-order valence-electron chi connectivity index (χ1n) is 6.34. The van der Waals surface area contributed by atoms with Crippen LogP contribution in [0.1, 0.15) is 17.0 Å². The van der Waals surface area contributed by atoms with Crippen molar-refractivity contribution < 1.29 is 9.21 Å². The summed E-state index contributed by atoms with van der Waals surface area (Å²) in [4.78, 5) is 16.3. The second kappa shape index (κ2) is 7.07. The molecule has 0 unspecified atom stereocenters. The van der Waals surface area contributed by atoms with Crippen LogP contribution < -0.4 is 0 Å². The molecule has 19 heavy (non-hydrogen) atoms. The summed E-state index contributed by atoms with van der Waals surface area (Å²) >= 11 is 6.99. The van der Waals surface area contributed by atoms with Crippen LogP contribution >= 0.6 is 24.0 Å². The molecule has 0 saturated carbocycles. The number of ketones is 1. The molecule has 0 amide bonds. The van der Waals surface area contributed by atoms with Crippen molar-refractivity contribution in [2.45, 2.75) is 6.42 Å². The molecule has 1 saturated heterocycles. The van der Waals surface area contributed by atoms with Gasteiger partial charge in [0.15, 0.2) is 11.5 Å². The Kier molecular flexibility index (Phi) is 5.42. The van der Waals surface area contributed by atoms with Crippen molar-refractivity contribution in [1.29, 1.82) is 0 Å². The van der Waals surface area contributed by atoms with Crippen molar-refractivity contribution in [2.24, 2.45) is 0 Å². The number of likely N-dealkylation sites (N-methyl/N-ethyl adjacent to an activating group) is 1. The number of Topliss-reactive ketones (excluding diaryl/α,β-unsaturated/α-hetero) is 1. The summed E-state index contributed by atoms with van der Waals surface area (Å²) in [5.41, 5.74) is 0. The third-order valence-electron chi connectivity index (χ3n) is 3.11. The zero-order valence-electron chi connectivity index (χ0n) is 11.0. The molecule has 1 aliphatic rings. The van der Waals surface area contributed by atoms with Gasteiger partial charge >= 0.3 is 0 Å². The van der Waals surface area contributed by atoms with E-state index in [9.17, 15) is 4.79 Å². The van der Waals surface area contributed by atoms with Gasteiger partial charge in [-0.25, -0.2) is 0 Å². The van der Waals surface area contributed by atoms with Gasteiger partial charge in [-0.05, 0) is 19.2 Å². The predicted octanol–water partition coefficient (Wildman–Crippen LogP) is 2.12. The average Bonchev–Trinajstić information content (AvgIpc) is 2.93. The van der Waals surface area contributed by atoms with Crippen LogP contribution in [-0.2, 0) is 0 Å². The van der Waals surface area contributed by atoms with E-state index < -0.39 is 0 Å². The van der Waals surface area contributed by atoms with Crippen LogP contribution in [0.3, 0.4) is 0 Å². The Bertz CT molecular complexity index is 426. The number of thiocarbonyl (C=S) groups is 1. The summed E-state index contributed by atoms with van der Waals surface area (Å²) < 4.78 is 5.98. The number of furan rings is 1. The second-order valence-corrected chi connectivity index (χ2v) is 6.28. The molecule has 0 radical (unpaired) electrons. The molecule has 0 atom stereocenters. The van der Waals surface area contributed by atoms with Gasteiger partial charge in [-0.1, -0.05) is 24.0 Å². The van der Waals surface area contributed by atoms with Crippen molar-refractivity contribution >= 4 is 34.1 Å². The van der Waals surface area contributed by atoms with E-state index in [0.717, 1.165) is 30.5 Å². The Morgan fingerprint density at radius 1 is 1.42 bits per heavy atom. The number of hydrogen-bond acceptors (Lipinski definition) is 5. The fraction of sp³-hybridized carbons (Fsp3) is 0.538. The first kappa shape index (κ1) is 14.6. The molecule has 0 bridgehead atoms. The minimum atomic E-state index is 0.0404. The molecular formula is C13H18N2O2S2. The number of piperazine rings is 1. The number of carbonyl (C=O) groups excluding carboxylic acids is 1. The molecule has 1 fully saturated rings. The Hall–Kier alpha value is -0.850. The van der Waals surface area contributed by atoms with Crippen molar-refractivity contribution in [3.05, 3.63) is 24.2 Å². The summed E-state index contributed by atoms with van der Waals surface area (Å²) in [7, 11) is 2.12. The zero-order valence-corrected chi connectivity index (χ0v) is 12.6. The lowest BCUT2D eigenvalue weighted by Gasteiger charge is -2.33. The van der Waals surface area contributed by atoms with Gasteiger partial charge in [0.05, 0.1) is 6.26 Å². The summed E-state index contributed by atoms with van der Waals surface area (Å²) in [6.45, 7) is 4.06. The highest BCUT2D eigenvalue weighted by atomic mass is 32.2. The fourth-order valence-corrected chi connectivity index (χ4v) is 3.13. The fourth-order valence-electron chi connectivity index (χ4n) is 1.87. The Morgan fingerprint density at radius 3 is 2.79 bits per heavy atom. The monoisotopic (exact) mass is 298 g/mol. The number of carbonyl (C=O) groups is 1. The lowest BCUT2D eigenvalue weighted by molar-refractivity contribution is 0.0963. The first-order valence-corrected chi connectivity index (χ1v) is 7.73. The van der Waals surface area contributed by atoms with Gasteiger partial charge in [0.1, 0.15) is 4.32 Å². The summed E-state index contributed by atoms with van der Waals surface area (Å²) in [6, 6.07) is 3.43. The van der Waals surface area contributed by atoms with Crippen LogP contribution in [0.25, 0.3) is 0 Å². The molecule has 0 aliphatic carbocycles. The predicted molar refractivity (Wildman–Crippen MR) is 81.8 cm³/mol. The molecule has 2 rings (SSSR count). The van der Waals surface area contributed by atoms with Gasteiger partial charge in [0.2, 0.25) is 0 Å². The molecule has 1 aromatic heterocycles. The van der Waals surface area contributed by atoms with Crippen molar-refractivity contribution in [1.82, 2.24) is 9.80 Å². The second-order valence-electron chi connectivity index (χ2n) is 4.56. The smallest absolute Gasteiger partial charge is 0.198 e. The van der Waals surface area contributed by atoms with E-state index >= 15 is 0 Å². The van der Waals surface area contributed by atoms with E-state index in [1.54, 1.807) is 23.9 Å². The van der Waals surface area contributed by atoms with Gasteiger partial charge in [0, 0.05) is 38.4 Å². The number of rotatable bonds is 4. The van der Waals surface area contributed by atoms with Gasteiger partial charge in [-0.2, -0.15) is 0 Å². The Labute approximate surface area is 123 Å². The van der Waals surface area contributed by atoms with Crippen LogP contribution in [0.2, 0.25) is 0 Å². The van der Waals surface area contributed by atoms with Gasteiger partial charge in [0.25, 0.3) is 0 Å². The topological polar surface area (TPSA) is 36.7 Å². The largest absolute Gasteiger partial charge is 0.461 e. The molecule has 0 aromatic carbocycles. The van der Waals surface area contributed by atoms with E-state index in [-0.39, 0.29) is 5.78 Å². The molecule has 0 spiro atoms. The van der Waals surface area contributed by atoms with E-state index in [1.165, 1.54) is 6.26 Å². The van der Waals surface area contributed by atoms with Crippen molar-refractivity contribution in [3.8, 4) is 0 Å². The molecule has 2 heterocycles. The summed E-state index contributed by atoms with van der Waals surface area (Å²) in [5.74, 6) is 1.19. The molecular weight excluding hydrogens is 280 g/mol. The first-order chi connectivity index (χ1) is 9.16. The number of thioether (sulfide) groups is 1. The van der Waals surface area contributed by atoms with E-state index in [0.29, 0.717) is 17.9 Å². The van der Waals surface area contributed by atoms with Crippen LogP contribution in [0.15, 0.2) is 22.8 Å². The normalized spacial score (nSPS) is 16.6. The maximum Gasteiger partial charge on any atom is 0.198 e. The lowest BCUT2D eigenvalue weighted by Crippen LogP contribution is -2.45. The number of nitrogens with zero attached hydrogens (tertiary/aromatic N) is 2. The van der Waals surface area contributed by atoms with Gasteiger partial charge in [-0.3, -0.25) is 4.79 Å². The molecule has 1 aliphatic heterocycles. The molecule has 0 N–H and O–H groups in total. The maximum absolute atomic E-state index is 11.7. The SMILES string of the molecule is CN1CCN(C(=S)SCCC(=O)c2ccco2)CC1. The highest BCUT2D eigenvalue weighted by Crippen LogP contribution is 2.14. The van der Waals surface area contributed by atoms with Crippen LogP contribution in [0.5, 0.6) is 0 Å². The summed E-state index contributed by atoms with van der Waals surface area (Å²) in [6.07, 6.45) is 1.99. The highest BCUT2D eigenvalue weighted by Gasteiger charge is 2.17. The third-order valence-corrected chi connectivity index (χ3v) is 4.64. The Balaban J connectivity index is 1.68. The number of hydrogen-bond donors (Lipinski definition) is 0. The van der Waals surface area contributed by atoms with Gasteiger partial charge < -0.3 is 14.2 Å². The minimum Gasteiger partial charge on any atom is -0.461 e. The zero-order chi connectivity index (χ0) is 13.7. The molecule has 1 aromatic rings. The molecule has 6 heteroatoms. The lowest BCUT2D eigenvalue weighted by atomic mass is 10.2. The average molecular weight is 298 g/mol. The van der Waals surface area contributed by atoms with Gasteiger partial charge in [-0.15, -0.1) is 0 Å². The van der Waals surface area contributed by atoms with E-state index in [1.807, 2.05) is 0 Å². The van der Waals surface area contributed by atoms with Crippen LogP contribution in [0, 0.1) is 0 Å². The minimum absolute atomic E-state index is 0.0404. The van der Waals surface area contributed by atoms with Crippen LogP contribution in [-0.4, -0.2) is 58.9 Å². The maximum atomic E-state index is 11.7. The van der Waals surface area contributed by atoms with Crippen molar-refractivity contribution in [2.75, 3.05) is 39.0 Å². The molecule has 4 nitrogen and oxygen atoms in total.